The van der Waals surface area contributed by atoms with Crippen LogP contribution in [0.5, 0.6) is 0 Å². The van der Waals surface area contributed by atoms with Crippen LogP contribution in [0.4, 0.5) is 0 Å². The van der Waals surface area contributed by atoms with Gasteiger partial charge in [-0.05, 0) is 30.6 Å². The maximum Gasteiger partial charge on any atom is 0.264 e. The predicted molar refractivity (Wildman–Crippen MR) is 77.0 cm³/mol. The first kappa shape index (κ1) is 16.4. The molecule has 0 N–H and O–H groups in total. The fourth-order valence-corrected chi connectivity index (χ4v) is 3.83. The molecule has 0 bridgehead atoms. The SMILES string of the molecule is CCC(=O)CC(=O)N1C[C@H]2C[C@@H](COS(C)(=O)=O)C[C@H]2C1. The quantitative estimate of drug-likeness (QED) is 0.535. The molecule has 120 valence electrons. The number of likely N-dealkylation sites (tertiary alicyclic amines) is 1. The van der Waals surface area contributed by atoms with E-state index in [1.807, 2.05) is 0 Å². The number of rotatable bonds is 6. The summed E-state index contributed by atoms with van der Waals surface area (Å²) in [5.41, 5.74) is 0. The minimum Gasteiger partial charge on any atom is -0.342 e. The van der Waals surface area contributed by atoms with E-state index in [0.717, 1.165) is 19.1 Å². The minimum absolute atomic E-state index is 0.0105. The Balaban J connectivity index is 1.79. The number of ketones is 1. The van der Waals surface area contributed by atoms with Crippen molar-refractivity contribution in [1.82, 2.24) is 4.90 Å². The Bertz CT molecular complexity index is 501. The molecule has 1 saturated heterocycles. The molecule has 21 heavy (non-hydrogen) atoms. The Morgan fingerprint density at radius 1 is 1.19 bits per heavy atom. The zero-order valence-corrected chi connectivity index (χ0v) is 13.4. The first-order chi connectivity index (χ1) is 9.78. The van der Waals surface area contributed by atoms with Crippen molar-refractivity contribution in [1.29, 1.82) is 0 Å². The number of amides is 1. The number of hydrogen-bond donors (Lipinski definition) is 0. The third-order valence-electron chi connectivity index (χ3n) is 4.46. The Labute approximate surface area is 126 Å². The summed E-state index contributed by atoms with van der Waals surface area (Å²) >= 11 is 0. The van der Waals surface area contributed by atoms with Crippen molar-refractivity contribution in [2.24, 2.45) is 17.8 Å². The highest BCUT2D eigenvalue weighted by atomic mass is 32.2. The summed E-state index contributed by atoms with van der Waals surface area (Å²) in [5.74, 6) is 0.999. The molecule has 6 nitrogen and oxygen atoms in total. The average molecular weight is 317 g/mol. The predicted octanol–water partition coefficient (Wildman–Crippen LogP) is 0.816. The van der Waals surface area contributed by atoms with Crippen molar-refractivity contribution in [3.8, 4) is 0 Å². The molecule has 0 unspecified atom stereocenters. The van der Waals surface area contributed by atoms with E-state index in [4.69, 9.17) is 4.18 Å². The number of fused-ring (bicyclic) bond motifs is 1. The van der Waals surface area contributed by atoms with E-state index in [-0.39, 0.29) is 30.6 Å². The topological polar surface area (TPSA) is 80.8 Å². The monoisotopic (exact) mass is 317 g/mol. The third-order valence-corrected chi connectivity index (χ3v) is 5.03. The molecule has 1 heterocycles. The summed E-state index contributed by atoms with van der Waals surface area (Å²) in [4.78, 5) is 25.1. The fourth-order valence-electron chi connectivity index (χ4n) is 3.39. The zero-order chi connectivity index (χ0) is 15.6. The van der Waals surface area contributed by atoms with E-state index in [2.05, 4.69) is 0 Å². The van der Waals surface area contributed by atoms with Gasteiger partial charge in [0.05, 0.1) is 19.3 Å². The van der Waals surface area contributed by atoms with Crippen molar-refractivity contribution in [2.45, 2.75) is 32.6 Å². The maximum atomic E-state index is 12.0. The van der Waals surface area contributed by atoms with Gasteiger partial charge in [0.2, 0.25) is 5.91 Å². The van der Waals surface area contributed by atoms with Crippen LogP contribution >= 0.6 is 0 Å². The van der Waals surface area contributed by atoms with Crippen molar-refractivity contribution >= 4 is 21.8 Å². The molecule has 0 spiro atoms. The average Bonchev–Trinajstić information content (AvgIpc) is 2.93. The molecule has 0 aromatic heterocycles. The van der Waals surface area contributed by atoms with Crippen molar-refractivity contribution < 1.29 is 22.2 Å². The first-order valence-electron chi connectivity index (χ1n) is 7.42. The van der Waals surface area contributed by atoms with Gasteiger partial charge in [0.25, 0.3) is 10.1 Å². The van der Waals surface area contributed by atoms with Gasteiger partial charge in [0.1, 0.15) is 5.78 Å². The third kappa shape index (κ3) is 4.51. The van der Waals surface area contributed by atoms with Crippen molar-refractivity contribution in [3.63, 3.8) is 0 Å². The maximum absolute atomic E-state index is 12.0. The second-order valence-corrected chi connectivity index (χ2v) is 7.86. The van der Waals surface area contributed by atoms with E-state index < -0.39 is 10.1 Å². The van der Waals surface area contributed by atoms with E-state index in [9.17, 15) is 18.0 Å². The Morgan fingerprint density at radius 2 is 1.76 bits per heavy atom. The van der Waals surface area contributed by atoms with Gasteiger partial charge in [0, 0.05) is 19.5 Å². The fraction of sp³-hybridized carbons (Fsp3) is 0.857. The highest BCUT2D eigenvalue weighted by Crippen LogP contribution is 2.41. The van der Waals surface area contributed by atoms with Crippen LogP contribution in [0.3, 0.4) is 0 Å². The van der Waals surface area contributed by atoms with Gasteiger partial charge >= 0.3 is 0 Å². The number of carbonyl (C=O) groups excluding carboxylic acids is 2. The van der Waals surface area contributed by atoms with Gasteiger partial charge in [-0.2, -0.15) is 8.42 Å². The van der Waals surface area contributed by atoms with Crippen molar-refractivity contribution in [3.05, 3.63) is 0 Å². The molecular weight excluding hydrogens is 294 g/mol. The summed E-state index contributed by atoms with van der Waals surface area (Å²) in [7, 11) is -3.38. The van der Waals surface area contributed by atoms with Crippen LogP contribution in [-0.2, 0) is 23.9 Å². The highest BCUT2D eigenvalue weighted by molar-refractivity contribution is 7.85. The molecule has 1 aliphatic heterocycles. The molecule has 3 atom stereocenters. The van der Waals surface area contributed by atoms with Crippen LogP contribution in [-0.4, -0.2) is 51.0 Å². The molecule has 0 radical (unpaired) electrons. The van der Waals surface area contributed by atoms with Crippen LogP contribution < -0.4 is 0 Å². The second-order valence-electron chi connectivity index (χ2n) is 6.21. The second kappa shape index (κ2) is 6.44. The van der Waals surface area contributed by atoms with E-state index in [0.29, 0.717) is 31.3 Å². The lowest BCUT2D eigenvalue weighted by Crippen LogP contribution is -2.31. The Morgan fingerprint density at radius 3 is 2.24 bits per heavy atom. The first-order valence-corrected chi connectivity index (χ1v) is 9.24. The largest absolute Gasteiger partial charge is 0.342 e. The molecule has 2 aliphatic rings. The van der Waals surface area contributed by atoms with Crippen LogP contribution in [0.2, 0.25) is 0 Å². The van der Waals surface area contributed by atoms with Crippen molar-refractivity contribution in [2.75, 3.05) is 26.0 Å². The van der Waals surface area contributed by atoms with Gasteiger partial charge in [0.15, 0.2) is 0 Å². The lowest BCUT2D eigenvalue weighted by molar-refractivity contribution is -0.134. The molecule has 0 aromatic carbocycles. The lowest BCUT2D eigenvalue weighted by atomic mass is 10.0. The van der Waals surface area contributed by atoms with Gasteiger partial charge in [-0.25, -0.2) is 0 Å². The summed E-state index contributed by atoms with van der Waals surface area (Å²) in [6.45, 7) is 3.39. The lowest BCUT2D eigenvalue weighted by Gasteiger charge is -2.18. The van der Waals surface area contributed by atoms with Crippen LogP contribution in [0.25, 0.3) is 0 Å². The standard InChI is InChI=1S/C14H23NO5S/c1-3-13(16)6-14(17)15-7-11-4-10(5-12(11)8-15)9-20-21(2,18)19/h10-12H,3-9H2,1-2H3/t10-,11-,12+. The minimum atomic E-state index is -3.38. The van der Waals surface area contributed by atoms with Gasteiger partial charge in [-0.15, -0.1) is 0 Å². The van der Waals surface area contributed by atoms with Gasteiger partial charge < -0.3 is 4.90 Å². The number of nitrogens with zero attached hydrogens (tertiary/aromatic N) is 1. The molecule has 1 aliphatic carbocycles. The molecule has 2 rings (SSSR count). The van der Waals surface area contributed by atoms with Crippen LogP contribution in [0.1, 0.15) is 32.6 Å². The van der Waals surface area contributed by atoms with E-state index in [1.165, 1.54) is 0 Å². The Kier molecular flexibility index (Phi) is 5.03. The van der Waals surface area contributed by atoms with Crippen LogP contribution in [0.15, 0.2) is 0 Å². The normalized spacial score (nSPS) is 28.7. The summed E-state index contributed by atoms with van der Waals surface area (Å²) in [5, 5.41) is 0. The number of carbonyl (C=O) groups is 2. The molecule has 0 aromatic rings. The Hall–Kier alpha value is -0.950. The molecule has 7 heteroatoms. The summed E-state index contributed by atoms with van der Waals surface area (Å²) in [6.07, 6.45) is 3.26. The molecular formula is C14H23NO5S. The van der Waals surface area contributed by atoms with Gasteiger partial charge in [-0.1, -0.05) is 6.92 Å². The summed E-state index contributed by atoms with van der Waals surface area (Å²) < 4.78 is 26.9. The number of hydrogen-bond acceptors (Lipinski definition) is 5. The highest BCUT2D eigenvalue weighted by Gasteiger charge is 2.42. The zero-order valence-electron chi connectivity index (χ0n) is 12.6. The van der Waals surface area contributed by atoms with E-state index in [1.54, 1.807) is 11.8 Å². The smallest absolute Gasteiger partial charge is 0.264 e. The van der Waals surface area contributed by atoms with E-state index >= 15 is 0 Å². The summed E-state index contributed by atoms with van der Waals surface area (Å²) in [6, 6.07) is 0. The molecule has 1 saturated carbocycles. The van der Waals surface area contributed by atoms with Crippen LogP contribution in [0, 0.1) is 17.8 Å². The number of Topliss-reactive ketones (excluding diaryl/α,β-unsaturated/α-hetero) is 1. The van der Waals surface area contributed by atoms with Gasteiger partial charge in [-0.3, -0.25) is 13.8 Å². The molecule has 1 amide bonds. The molecule has 2 fully saturated rings.